The highest BCUT2D eigenvalue weighted by Gasteiger charge is 2.30. The Hall–Kier alpha value is -5.38. The van der Waals surface area contributed by atoms with Crippen LogP contribution < -0.4 is 10.6 Å². The molecule has 0 spiro atoms. The number of nitrogens with zero attached hydrogens (tertiary/aromatic N) is 3. The van der Waals surface area contributed by atoms with Crippen molar-refractivity contribution in [3.8, 4) is 0 Å². The van der Waals surface area contributed by atoms with E-state index in [-0.39, 0.29) is 24.0 Å². The molecule has 0 aliphatic carbocycles. The van der Waals surface area contributed by atoms with E-state index in [2.05, 4.69) is 20.7 Å². The molecule has 10 heteroatoms. The molecule has 0 fully saturated rings. The Morgan fingerprint density at radius 1 is 1.05 bits per heavy atom. The largest absolute Gasteiger partial charge is 0.481 e. The number of aromatic nitrogens is 2. The van der Waals surface area contributed by atoms with E-state index in [1.165, 1.54) is 6.21 Å². The zero-order chi connectivity index (χ0) is 29.1. The number of nitrogens with one attached hydrogen (secondary N) is 2. The minimum absolute atomic E-state index is 0.0846. The summed E-state index contributed by atoms with van der Waals surface area (Å²) in [4.78, 5) is 54.3. The first-order valence-corrected chi connectivity index (χ1v) is 13.0. The Morgan fingerprint density at radius 3 is 2.54 bits per heavy atom. The average Bonchev–Trinajstić information content (AvgIpc) is 3.50. The third-order valence-corrected chi connectivity index (χ3v) is 6.67. The van der Waals surface area contributed by atoms with Gasteiger partial charge >= 0.3 is 5.97 Å². The van der Waals surface area contributed by atoms with Crippen LogP contribution in [0.25, 0.3) is 0 Å². The van der Waals surface area contributed by atoms with Gasteiger partial charge in [0.2, 0.25) is 5.91 Å². The summed E-state index contributed by atoms with van der Waals surface area (Å²) in [5.41, 5.74) is 4.86. The summed E-state index contributed by atoms with van der Waals surface area (Å²) in [5, 5.41) is 18.9. The van der Waals surface area contributed by atoms with Crippen LogP contribution >= 0.6 is 0 Å². The topological polar surface area (TPSA) is 143 Å². The minimum atomic E-state index is -0.919. The first-order valence-electron chi connectivity index (χ1n) is 13.0. The van der Waals surface area contributed by atoms with Crippen molar-refractivity contribution in [2.75, 3.05) is 10.6 Å². The van der Waals surface area contributed by atoms with Crippen LogP contribution in [-0.2, 0) is 22.6 Å². The van der Waals surface area contributed by atoms with E-state index in [4.69, 9.17) is 5.11 Å². The number of anilines is 2. The third kappa shape index (κ3) is 5.96. The van der Waals surface area contributed by atoms with Gasteiger partial charge in [0, 0.05) is 35.3 Å². The maximum Gasteiger partial charge on any atom is 0.307 e. The Kier molecular flexibility index (Phi) is 7.55. The standard InChI is InChI=1S/C31H27N5O5/c1-3-36-27(13-18(2)35-36)31(41)33-23-6-4-5-20(15-23)29(39)21-9-12-26-24(16-21)25(30(40)34-26)17-32-22-10-7-19(8-11-22)14-28(37)38/h4-13,15-17,25H,3,14H2,1-2H3,(H,33,41)(H,34,40)(H,37,38). The normalized spacial score (nSPS) is 14.1. The van der Waals surface area contributed by atoms with Gasteiger partial charge in [-0.15, -0.1) is 0 Å². The Balaban J connectivity index is 1.34. The molecule has 3 N–H and O–H groups in total. The molecular formula is C31H27N5O5. The van der Waals surface area contributed by atoms with Gasteiger partial charge < -0.3 is 15.7 Å². The highest BCUT2D eigenvalue weighted by Crippen LogP contribution is 2.33. The van der Waals surface area contributed by atoms with E-state index < -0.39 is 11.9 Å². The number of benzene rings is 3. The molecule has 3 aromatic carbocycles. The second-order valence-corrected chi connectivity index (χ2v) is 9.63. The highest BCUT2D eigenvalue weighted by atomic mass is 16.4. The van der Waals surface area contributed by atoms with Gasteiger partial charge in [-0.05, 0) is 73.5 Å². The quantitative estimate of drug-likeness (QED) is 0.203. The van der Waals surface area contributed by atoms with Gasteiger partial charge in [-0.2, -0.15) is 5.10 Å². The van der Waals surface area contributed by atoms with Gasteiger partial charge in [0.25, 0.3) is 5.91 Å². The molecule has 206 valence electrons. The van der Waals surface area contributed by atoms with Crippen LogP contribution in [0.3, 0.4) is 0 Å². The van der Waals surface area contributed by atoms with Crippen LogP contribution in [0.15, 0.2) is 77.8 Å². The van der Waals surface area contributed by atoms with Gasteiger partial charge in [-0.3, -0.25) is 28.9 Å². The summed E-state index contributed by atoms with van der Waals surface area (Å²) in [6.07, 6.45) is 1.43. The number of aliphatic carboxylic acids is 1. The molecule has 0 saturated carbocycles. The smallest absolute Gasteiger partial charge is 0.307 e. The number of aryl methyl sites for hydroxylation is 2. The zero-order valence-corrected chi connectivity index (χ0v) is 22.4. The molecule has 0 bridgehead atoms. The number of hydrogen-bond acceptors (Lipinski definition) is 6. The Bertz CT molecular complexity index is 1700. The number of carbonyl (C=O) groups excluding carboxylic acids is 3. The average molecular weight is 550 g/mol. The van der Waals surface area contributed by atoms with Gasteiger partial charge in [-0.1, -0.05) is 24.3 Å². The second kappa shape index (κ2) is 11.4. The number of carboxylic acids is 1. The Labute approximate surface area is 235 Å². The lowest BCUT2D eigenvalue weighted by atomic mass is 9.96. The molecule has 0 saturated heterocycles. The minimum Gasteiger partial charge on any atom is -0.481 e. The number of rotatable bonds is 9. The maximum atomic E-state index is 13.4. The van der Waals surface area contributed by atoms with E-state index in [9.17, 15) is 19.2 Å². The van der Waals surface area contributed by atoms with Gasteiger partial charge in [0.05, 0.1) is 17.8 Å². The van der Waals surface area contributed by atoms with E-state index in [1.54, 1.807) is 77.5 Å². The van der Waals surface area contributed by atoms with Crippen LogP contribution in [0.5, 0.6) is 0 Å². The van der Waals surface area contributed by atoms with E-state index >= 15 is 0 Å². The summed E-state index contributed by atoms with van der Waals surface area (Å²) < 4.78 is 1.62. The molecule has 2 amide bonds. The van der Waals surface area contributed by atoms with Crippen molar-refractivity contribution in [3.05, 3.63) is 106 Å². The summed E-state index contributed by atoms with van der Waals surface area (Å²) in [7, 11) is 0. The maximum absolute atomic E-state index is 13.4. The van der Waals surface area contributed by atoms with Crippen LogP contribution in [0, 0.1) is 6.92 Å². The predicted molar refractivity (Wildman–Crippen MR) is 154 cm³/mol. The SMILES string of the molecule is CCn1nc(C)cc1C(=O)Nc1cccc(C(=O)c2ccc3c(c2)C(C=Nc2ccc(CC(=O)O)cc2)C(=O)N3)c1. The van der Waals surface area contributed by atoms with Crippen molar-refractivity contribution < 1.29 is 24.3 Å². The molecule has 0 radical (unpaired) electrons. The summed E-state index contributed by atoms with van der Waals surface area (Å²) >= 11 is 0. The van der Waals surface area contributed by atoms with Crippen molar-refractivity contribution in [2.45, 2.75) is 32.7 Å². The molecule has 2 heterocycles. The van der Waals surface area contributed by atoms with Crippen LogP contribution in [0.2, 0.25) is 0 Å². The van der Waals surface area contributed by atoms with Gasteiger partial charge in [0.15, 0.2) is 5.78 Å². The van der Waals surface area contributed by atoms with E-state index in [1.807, 2.05) is 13.8 Å². The van der Waals surface area contributed by atoms with Crippen molar-refractivity contribution in [1.29, 1.82) is 0 Å². The van der Waals surface area contributed by atoms with E-state index in [0.717, 1.165) is 5.69 Å². The van der Waals surface area contributed by atoms with Crippen LogP contribution in [0.4, 0.5) is 17.1 Å². The molecular weight excluding hydrogens is 522 g/mol. The second-order valence-electron chi connectivity index (χ2n) is 9.63. The van der Waals surface area contributed by atoms with Crippen molar-refractivity contribution in [3.63, 3.8) is 0 Å². The molecule has 1 aliphatic rings. The molecule has 4 aromatic rings. The molecule has 1 atom stereocenters. The molecule has 41 heavy (non-hydrogen) atoms. The number of ketones is 1. The van der Waals surface area contributed by atoms with E-state index in [0.29, 0.717) is 51.6 Å². The first-order chi connectivity index (χ1) is 19.7. The molecule has 5 rings (SSSR count). The lowest BCUT2D eigenvalue weighted by Crippen LogP contribution is -2.17. The summed E-state index contributed by atoms with van der Waals surface area (Å²) in [6, 6.07) is 20.1. The predicted octanol–water partition coefficient (Wildman–Crippen LogP) is 4.76. The number of hydrogen-bond donors (Lipinski definition) is 3. The van der Waals surface area contributed by atoms with Gasteiger partial charge in [-0.25, -0.2) is 0 Å². The van der Waals surface area contributed by atoms with Crippen LogP contribution in [-0.4, -0.2) is 44.7 Å². The number of amides is 2. The van der Waals surface area contributed by atoms with Crippen molar-refractivity contribution >= 4 is 46.8 Å². The zero-order valence-electron chi connectivity index (χ0n) is 22.4. The number of carbonyl (C=O) groups is 4. The number of aliphatic imine (C=N–C) groups is 1. The van der Waals surface area contributed by atoms with Gasteiger partial charge in [0.1, 0.15) is 11.6 Å². The molecule has 1 aliphatic heterocycles. The molecule has 1 aromatic heterocycles. The fraction of sp³-hybridized carbons (Fsp3) is 0.161. The lowest BCUT2D eigenvalue weighted by Gasteiger charge is -2.09. The number of fused-ring (bicyclic) bond motifs is 1. The fourth-order valence-corrected chi connectivity index (χ4v) is 4.68. The first kappa shape index (κ1) is 27.2. The molecule has 1 unspecified atom stereocenters. The summed E-state index contributed by atoms with van der Waals surface area (Å²) in [6.45, 7) is 4.27. The monoisotopic (exact) mass is 549 g/mol. The fourth-order valence-electron chi connectivity index (χ4n) is 4.68. The summed E-state index contributed by atoms with van der Waals surface area (Å²) in [5.74, 6) is -2.46. The van der Waals surface area contributed by atoms with Crippen molar-refractivity contribution in [2.24, 2.45) is 4.99 Å². The Morgan fingerprint density at radius 2 is 1.80 bits per heavy atom. The van der Waals surface area contributed by atoms with Crippen LogP contribution in [0.1, 0.15) is 56.1 Å². The van der Waals surface area contributed by atoms with Crippen molar-refractivity contribution in [1.82, 2.24) is 9.78 Å². The number of carboxylic acid groups (broad SMARTS) is 1. The lowest BCUT2D eigenvalue weighted by molar-refractivity contribution is -0.136. The highest BCUT2D eigenvalue weighted by molar-refractivity contribution is 6.15. The third-order valence-electron chi connectivity index (χ3n) is 6.67. The molecule has 10 nitrogen and oxygen atoms in total.